The number of anilines is 1. The molecular weight excluding hydrogens is 443 g/mol. The van der Waals surface area contributed by atoms with E-state index in [1.54, 1.807) is 18.5 Å². The van der Waals surface area contributed by atoms with Crippen LogP contribution in [0.25, 0.3) is 11.4 Å². The van der Waals surface area contributed by atoms with Gasteiger partial charge in [0, 0.05) is 42.8 Å². The molecule has 1 aromatic carbocycles. The Morgan fingerprint density at radius 2 is 1.91 bits per heavy atom. The second-order valence-electron chi connectivity index (χ2n) is 8.94. The molecule has 2 aromatic heterocycles. The Hall–Kier alpha value is -3.49. The quantitative estimate of drug-likeness (QED) is 0.574. The predicted molar refractivity (Wildman–Crippen MR) is 121 cm³/mol. The Morgan fingerprint density at radius 1 is 1.12 bits per heavy atom. The Kier molecular flexibility index (Phi) is 5.71. The maximum Gasteiger partial charge on any atom is 0.417 e. The van der Waals surface area contributed by atoms with Crippen molar-refractivity contribution in [1.29, 1.82) is 0 Å². The van der Waals surface area contributed by atoms with Crippen molar-refractivity contribution in [3.8, 4) is 11.4 Å². The molecule has 2 fully saturated rings. The van der Waals surface area contributed by atoms with E-state index in [0.717, 1.165) is 37.1 Å². The van der Waals surface area contributed by atoms with Crippen LogP contribution in [0.2, 0.25) is 0 Å². The topological polar surface area (TPSA) is 71.0 Å². The molecule has 6 nitrogen and oxygen atoms in total. The van der Waals surface area contributed by atoms with Gasteiger partial charge in [-0.3, -0.25) is 4.79 Å². The number of rotatable bonds is 5. The van der Waals surface area contributed by atoms with Gasteiger partial charge < -0.3 is 10.2 Å². The summed E-state index contributed by atoms with van der Waals surface area (Å²) < 4.78 is 38.4. The minimum Gasteiger partial charge on any atom is -0.368 e. The van der Waals surface area contributed by atoms with E-state index in [1.807, 2.05) is 30.0 Å². The molecule has 0 bridgehead atoms. The third kappa shape index (κ3) is 4.47. The largest absolute Gasteiger partial charge is 0.417 e. The molecule has 34 heavy (non-hydrogen) atoms. The van der Waals surface area contributed by atoms with Crippen LogP contribution < -0.4 is 5.32 Å². The fourth-order valence-corrected chi connectivity index (χ4v) is 4.71. The number of hydrogen-bond acceptors (Lipinski definition) is 5. The average Bonchev–Trinajstić information content (AvgIpc) is 3.62. The Balaban J connectivity index is 1.38. The minimum absolute atomic E-state index is 0.0643. The lowest BCUT2D eigenvalue weighted by atomic mass is 9.97. The van der Waals surface area contributed by atoms with Crippen molar-refractivity contribution in [2.24, 2.45) is 5.92 Å². The van der Waals surface area contributed by atoms with E-state index in [9.17, 15) is 18.0 Å². The molecule has 3 aromatic rings. The highest BCUT2D eigenvalue weighted by Crippen LogP contribution is 2.46. The molecule has 1 amide bonds. The van der Waals surface area contributed by atoms with E-state index < -0.39 is 11.7 Å². The van der Waals surface area contributed by atoms with Gasteiger partial charge in [0.15, 0.2) is 5.82 Å². The summed E-state index contributed by atoms with van der Waals surface area (Å²) in [7, 11) is 0. The highest BCUT2D eigenvalue weighted by molar-refractivity contribution is 6.01. The maximum absolute atomic E-state index is 13.9. The van der Waals surface area contributed by atoms with E-state index in [-0.39, 0.29) is 18.0 Å². The van der Waals surface area contributed by atoms with Gasteiger partial charge in [-0.25, -0.2) is 15.0 Å². The van der Waals surface area contributed by atoms with E-state index in [0.29, 0.717) is 35.2 Å². The predicted octanol–water partition coefficient (Wildman–Crippen LogP) is 4.97. The number of piperidine rings is 1. The first-order valence-corrected chi connectivity index (χ1v) is 11.3. The fraction of sp³-hybridized carbons (Fsp3) is 0.360. The fourth-order valence-electron chi connectivity index (χ4n) is 4.71. The molecule has 1 aliphatic carbocycles. The highest BCUT2D eigenvalue weighted by atomic mass is 19.4. The molecule has 0 spiro atoms. The second kappa shape index (κ2) is 8.70. The van der Waals surface area contributed by atoms with Crippen LogP contribution in [0.5, 0.6) is 0 Å². The first kappa shape index (κ1) is 22.3. The number of aryl methyl sites for hydroxylation is 1. The van der Waals surface area contributed by atoms with Gasteiger partial charge in [0.25, 0.3) is 5.91 Å². The molecule has 1 saturated carbocycles. The average molecular weight is 467 g/mol. The van der Waals surface area contributed by atoms with Gasteiger partial charge in [0.1, 0.15) is 5.82 Å². The Labute approximate surface area is 195 Å². The number of amides is 1. The van der Waals surface area contributed by atoms with Crippen molar-refractivity contribution in [2.75, 3.05) is 11.9 Å². The molecule has 176 valence electrons. The number of hydrogen-bond donors (Lipinski definition) is 1. The van der Waals surface area contributed by atoms with Crippen LogP contribution >= 0.6 is 0 Å². The zero-order valence-corrected chi connectivity index (χ0v) is 18.6. The summed E-state index contributed by atoms with van der Waals surface area (Å²) in [5.74, 6) is 1.29. The van der Waals surface area contributed by atoms with Gasteiger partial charge in [-0.2, -0.15) is 13.2 Å². The number of nitrogens with zero attached hydrogens (tertiary/aromatic N) is 4. The monoisotopic (exact) mass is 467 g/mol. The van der Waals surface area contributed by atoms with Crippen molar-refractivity contribution in [2.45, 2.75) is 44.4 Å². The molecular formula is C25H24F3N5O. The molecule has 0 radical (unpaired) electrons. The number of likely N-dealkylation sites (tertiary alicyclic amines) is 1. The summed E-state index contributed by atoms with van der Waals surface area (Å²) >= 11 is 0. The summed E-state index contributed by atoms with van der Waals surface area (Å²) in [6.45, 7) is 2.36. The summed E-state index contributed by atoms with van der Waals surface area (Å²) in [6, 6.07) is 9.85. The smallest absolute Gasteiger partial charge is 0.368 e. The Morgan fingerprint density at radius 3 is 2.62 bits per heavy atom. The van der Waals surface area contributed by atoms with E-state index in [2.05, 4.69) is 20.3 Å². The number of carbonyl (C=O) groups excluding carboxylic acids is 1. The SMILES string of the molecule is Cc1ccc(-c2ncccn2)c(C(=O)N2C(CNc3ccc(C(F)(F)F)cn3)CCC3CC32)c1. The zero-order chi connectivity index (χ0) is 23.9. The first-order valence-electron chi connectivity index (χ1n) is 11.3. The standard InChI is InChI=1S/C25H24F3N5O/c1-15-3-7-19(23-29-9-2-10-30-23)20(11-15)24(34)33-18(6-4-16-12-21(16)33)14-32-22-8-5-17(13-31-22)25(26,27)28/h2-3,5,7-11,13,16,18,21H,4,6,12,14H2,1H3,(H,31,32). The van der Waals surface area contributed by atoms with Crippen LogP contribution in [0.4, 0.5) is 19.0 Å². The van der Waals surface area contributed by atoms with Gasteiger partial charge in [0.2, 0.25) is 0 Å². The van der Waals surface area contributed by atoms with Crippen molar-refractivity contribution < 1.29 is 18.0 Å². The molecule has 2 aliphatic rings. The first-order chi connectivity index (χ1) is 16.3. The number of alkyl halides is 3. The number of nitrogens with one attached hydrogen (secondary N) is 1. The number of fused-ring (bicyclic) bond motifs is 1. The van der Waals surface area contributed by atoms with Crippen molar-refractivity contribution in [3.63, 3.8) is 0 Å². The van der Waals surface area contributed by atoms with Crippen LogP contribution in [0.3, 0.4) is 0 Å². The van der Waals surface area contributed by atoms with Crippen LogP contribution in [0, 0.1) is 12.8 Å². The molecule has 1 N–H and O–H groups in total. The molecule has 1 aliphatic heterocycles. The van der Waals surface area contributed by atoms with E-state index in [4.69, 9.17) is 0 Å². The molecule has 3 unspecified atom stereocenters. The lowest BCUT2D eigenvalue weighted by molar-refractivity contribution is -0.137. The summed E-state index contributed by atoms with van der Waals surface area (Å²) in [5.41, 5.74) is 1.44. The van der Waals surface area contributed by atoms with Gasteiger partial charge in [-0.15, -0.1) is 0 Å². The van der Waals surface area contributed by atoms with E-state index >= 15 is 0 Å². The number of pyridine rings is 1. The summed E-state index contributed by atoms with van der Waals surface area (Å²) in [6.07, 6.45) is 2.53. The summed E-state index contributed by atoms with van der Waals surface area (Å²) in [4.78, 5) is 28.4. The van der Waals surface area contributed by atoms with Crippen molar-refractivity contribution >= 4 is 11.7 Å². The number of aromatic nitrogens is 3. The van der Waals surface area contributed by atoms with Crippen molar-refractivity contribution in [3.05, 3.63) is 71.7 Å². The molecule has 3 heterocycles. The lowest BCUT2D eigenvalue weighted by Gasteiger charge is -2.36. The van der Waals surface area contributed by atoms with Crippen LogP contribution in [0.15, 0.2) is 55.0 Å². The molecule has 9 heteroatoms. The summed E-state index contributed by atoms with van der Waals surface area (Å²) in [5, 5.41) is 3.13. The van der Waals surface area contributed by atoms with Gasteiger partial charge in [0.05, 0.1) is 11.1 Å². The normalized spacial score (nSPS) is 21.6. The van der Waals surface area contributed by atoms with Gasteiger partial charge in [-0.05, 0) is 56.4 Å². The van der Waals surface area contributed by atoms with Crippen LogP contribution in [-0.4, -0.2) is 44.4 Å². The maximum atomic E-state index is 13.9. The zero-order valence-electron chi connectivity index (χ0n) is 18.6. The second-order valence-corrected chi connectivity index (χ2v) is 8.94. The third-order valence-electron chi connectivity index (χ3n) is 6.56. The van der Waals surface area contributed by atoms with Crippen molar-refractivity contribution in [1.82, 2.24) is 19.9 Å². The van der Waals surface area contributed by atoms with Gasteiger partial charge >= 0.3 is 6.18 Å². The van der Waals surface area contributed by atoms with Crippen LogP contribution in [0.1, 0.15) is 40.7 Å². The van der Waals surface area contributed by atoms with Crippen LogP contribution in [-0.2, 0) is 6.18 Å². The lowest BCUT2D eigenvalue weighted by Crippen LogP contribution is -2.48. The number of carbonyl (C=O) groups is 1. The molecule has 1 saturated heterocycles. The molecule has 5 rings (SSSR count). The minimum atomic E-state index is -4.42. The number of halogens is 3. The molecule has 3 atom stereocenters. The van der Waals surface area contributed by atoms with E-state index in [1.165, 1.54) is 6.07 Å². The highest BCUT2D eigenvalue weighted by Gasteiger charge is 2.50. The number of benzene rings is 1. The Bertz CT molecular complexity index is 1180. The van der Waals surface area contributed by atoms with Gasteiger partial charge in [-0.1, -0.05) is 17.7 Å². The third-order valence-corrected chi connectivity index (χ3v) is 6.56.